The van der Waals surface area contributed by atoms with E-state index in [-0.39, 0.29) is 6.54 Å². The molecule has 5 aromatic rings. The highest BCUT2D eigenvalue weighted by molar-refractivity contribution is 7.99. The summed E-state index contributed by atoms with van der Waals surface area (Å²) in [6, 6.07) is 16.3. The first-order valence-electron chi connectivity index (χ1n) is 10.3. The summed E-state index contributed by atoms with van der Waals surface area (Å²) in [4.78, 5) is 21.8. The molecule has 0 aliphatic rings. The molecule has 2 N–H and O–H groups in total. The van der Waals surface area contributed by atoms with Crippen LogP contribution in [0.15, 0.2) is 70.4 Å². The van der Waals surface area contributed by atoms with E-state index in [1.165, 1.54) is 17.3 Å². The van der Waals surface area contributed by atoms with Crippen molar-refractivity contribution in [3.05, 3.63) is 71.4 Å². The van der Waals surface area contributed by atoms with E-state index in [9.17, 15) is 4.79 Å². The predicted octanol–water partition coefficient (Wildman–Crippen LogP) is 4.87. The Bertz CT molecular complexity index is 1470. The molecule has 9 heteroatoms. The van der Waals surface area contributed by atoms with E-state index in [1.807, 2.05) is 31.2 Å². The molecule has 0 radical (unpaired) electrons. The summed E-state index contributed by atoms with van der Waals surface area (Å²) in [5, 5.41) is 13.1. The lowest BCUT2D eigenvalue weighted by Crippen LogP contribution is -2.20. The van der Waals surface area contributed by atoms with Crippen molar-refractivity contribution in [1.29, 1.82) is 0 Å². The third kappa shape index (κ3) is 4.24. The SMILES string of the molecule is Cc1ccc(-c2csc3ncnc(Sc4nnc(-c5cccc(C)c5)n4CC(N)=O)c23)cc1. The van der Waals surface area contributed by atoms with E-state index in [2.05, 4.69) is 56.7 Å². The van der Waals surface area contributed by atoms with Gasteiger partial charge in [0.25, 0.3) is 0 Å². The molecule has 0 aliphatic heterocycles. The summed E-state index contributed by atoms with van der Waals surface area (Å²) in [5.74, 6) is 0.128. The van der Waals surface area contributed by atoms with Crippen LogP contribution in [0.25, 0.3) is 32.7 Å². The Labute approximate surface area is 198 Å². The van der Waals surface area contributed by atoms with Gasteiger partial charge in [0.2, 0.25) is 5.91 Å². The molecule has 0 saturated carbocycles. The van der Waals surface area contributed by atoms with Gasteiger partial charge in [-0.1, -0.05) is 53.6 Å². The van der Waals surface area contributed by atoms with Gasteiger partial charge >= 0.3 is 0 Å². The summed E-state index contributed by atoms with van der Waals surface area (Å²) >= 11 is 2.93. The van der Waals surface area contributed by atoms with E-state index >= 15 is 0 Å². The number of aryl methyl sites for hydroxylation is 2. The number of hydrogen-bond donors (Lipinski definition) is 1. The normalized spacial score (nSPS) is 11.2. The maximum absolute atomic E-state index is 11.9. The van der Waals surface area contributed by atoms with Crippen molar-refractivity contribution < 1.29 is 4.79 Å². The second kappa shape index (κ2) is 8.76. The van der Waals surface area contributed by atoms with E-state index in [4.69, 9.17) is 5.73 Å². The van der Waals surface area contributed by atoms with Crippen LogP contribution in [0, 0.1) is 13.8 Å². The number of amides is 1. The minimum atomic E-state index is -0.464. The van der Waals surface area contributed by atoms with Gasteiger partial charge in [0.1, 0.15) is 22.7 Å². The average molecular weight is 473 g/mol. The van der Waals surface area contributed by atoms with Gasteiger partial charge in [-0.05, 0) is 37.2 Å². The fourth-order valence-corrected chi connectivity index (χ4v) is 5.52. The summed E-state index contributed by atoms with van der Waals surface area (Å²) in [6.45, 7) is 4.05. The highest BCUT2D eigenvalue weighted by atomic mass is 32.2. The Balaban J connectivity index is 1.61. The fourth-order valence-electron chi connectivity index (χ4n) is 3.62. The predicted molar refractivity (Wildman–Crippen MR) is 131 cm³/mol. The van der Waals surface area contributed by atoms with Gasteiger partial charge in [0.05, 0.1) is 5.39 Å². The number of hydrogen-bond acceptors (Lipinski definition) is 7. The van der Waals surface area contributed by atoms with Gasteiger partial charge in [-0.15, -0.1) is 21.5 Å². The van der Waals surface area contributed by atoms with Crippen LogP contribution in [0.1, 0.15) is 11.1 Å². The van der Waals surface area contributed by atoms with Gasteiger partial charge < -0.3 is 5.73 Å². The highest BCUT2D eigenvalue weighted by Gasteiger charge is 2.20. The molecule has 0 unspecified atom stereocenters. The van der Waals surface area contributed by atoms with Crippen LogP contribution in [0.2, 0.25) is 0 Å². The molecule has 0 spiro atoms. The quantitative estimate of drug-likeness (QED) is 0.354. The molecule has 0 atom stereocenters. The first-order chi connectivity index (χ1) is 16.0. The van der Waals surface area contributed by atoms with Gasteiger partial charge in [-0.3, -0.25) is 9.36 Å². The molecular formula is C24H20N6OS2. The van der Waals surface area contributed by atoms with Crippen LogP contribution in [0.5, 0.6) is 0 Å². The number of aromatic nitrogens is 5. The lowest BCUT2D eigenvalue weighted by Gasteiger charge is -2.09. The molecule has 164 valence electrons. The van der Waals surface area contributed by atoms with Crippen molar-refractivity contribution in [3.63, 3.8) is 0 Å². The van der Waals surface area contributed by atoms with E-state index < -0.39 is 5.91 Å². The molecule has 33 heavy (non-hydrogen) atoms. The number of fused-ring (bicyclic) bond motifs is 1. The molecule has 2 aromatic carbocycles. The van der Waals surface area contributed by atoms with Gasteiger partial charge in [0, 0.05) is 16.5 Å². The Hall–Kier alpha value is -3.56. The lowest BCUT2D eigenvalue weighted by molar-refractivity contribution is -0.118. The molecule has 0 fully saturated rings. The lowest BCUT2D eigenvalue weighted by atomic mass is 10.1. The van der Waals surface area contributed by atoms with Crippen molar-refractivity contribution in [1.82, 2.24) is 24.7 Å². The zero-order valence-electron chi connectivity index (χ0n) is 18.0. The number of primary amides is 1. The summed E-state index contributed by atoms with van der Waals surface area (Å²) in [5.41, 5.74) is 10.9. The topological polar surface area (TPSA) is 99.6 Å². The number of carbonyl (C=O) groups is 1. The van der Waals surface area contributed by atoms with Gasteiger partial charge in [0.15, 0.2) is 11.0 Å². The van der Waals surface area contributed by atoms with Crippen LogP contribution >= 0.6 is 23.1 Å². The molecule has 7 nitrogen and oxygen atoms in total. The standard InChI is InChI=1S/C24H20N6OS2/c1-14-6-8-16(9-7-14)18-12-32-22-20(18)23(27-13-26-22)33-24-29-28-21(30(24)11-19(25)31)17-5-3-4-15(2)10-17/h3-10,12-13H,11H2,1-2H3,(H2,25,31). The van der Waals surface area contributed by atoms with Crippen molar-refractivity contribution in [2.75, 3.05) is 0 Å². The summed E-state index contributed by atoms with van der Waals surface area (Å²) in [7, 11) is 0. The minimum Gasteiger partial charge on any atom is -0.368 e. The number of rotatable bonds is 6. The zero-order chi connectivity index (χ0) is 22.9. The number of carbonyl (C=O) groups excluding carboxylic acids is 1. The highest BCUT2D eigenvalue weighted by Crippen LogP contribution is 2.40. The average Bonchev–Trinajstić information content (AvgIpc) is 3.39. The van der Waals surface area contributed by atoms with Crippen LogP contribution in [0.4, 0.5) is 0 Å². The molecule has 3 aromatic heterocycles. The number of benzene rings is 2. The van der Waals surface area contributed by atoms with Crippen molar-refractivity contribution in [2.24, 2.45) is 5.73 Å². The van der Waals surface area contributed by atoms with Crippen molar-refractivity contribution in [3.8, 4) is 22.5 Å². The molecular weight excluding hydrogens is 452 g/mol. The Morgan fingerprint density at radius 2 is 1.85 bits per heavy atom. The molecule has 5 rings (SSSR count). The van der Waals surface area contributed by atoms with Crippen LogP contribution < -0.4 is 5.73 Å². The van der Waals surface area contributed by atoms with Crippen molar-refractivity contribution >= 4 is 39.2 Å². The smallest absolute Gasteiger partial charge is 0.237 e. The first kappa shape index (κ1) is 21.3. The fraction of sp³-hybridized carbons (Fsp3) is 0.125. The minimum absolute atomic E-state index is 0.0265. The van der Waals surface area contributed by atoms with Gasteiger partial charge in [-0.25, -0.2) is 9.97 Å². The first-order valence-corrected chi connectivity index (χ1v) is 11.9. The summed E-state index contributed by atoms with van der Waals surface area (Å²) < 4.78 is 1.74. The third-order valence-electron chi connectivity index (χ3n) is 5.19. The zero-order valence-corrected chi connectivity index (χ0v) is 19.7. The Morgan fingerprint density at radius 3 is 2.61 bits per heavy atom. The molecule has 3 heterocycles. The maximum Gasteiger partial charge on any atom is 0.237 e. The van der Waals surface area contributed by atoms with Crippen LogP contribution in [-0.2, 0) is 11.3 Å². The van der Waals surface area contributed by atoms with E-state index in [1.54, 1.807) is 22.2 Å². The largest absolute Gasteiger partial charge is 0.368 e. The second-order valence-electron chi connectivity index (χ2n) is 7.70. The maximum atomic E-state index is 11.9. The molecule has 0 aliphatic carbocycles. The van der Waals surface area contributed by atoms with E-state index in [0.717, 1.165) is 37.5 Å². The Kier molecular flexibility index (Phi) is 5.65. The Morgan fingerprint density at radius 1 is 1.03 bits per heavy atom. The number of nitrogens with two attached hydrogens (primary N) is 1. The molecule has 1 amide bonds. The van der Waals surface area contributed by atoms with E-state index in [0.29, 0.717) is 11.0 Å². The van der Waals surface area contributed by atoms with Crippen molar-refractivity contribution in [2.45, 2.75) is 30.6 Å². The molecule has 0 bridgehead atoms. The molecule has 0 saturated heterocycles. The van der Waals surface area contributed by atoms with Crippen LogP contribution in [-0.4, -0.2) is 30.6 Å². The summed E-state index contributed by atoms with van der Waals surface area (Å²) in [6.07, 6.45) is 1.55. The van der Waals surface area contributed by atoms with Gasteiger partial charge in [-0.2, -0.15) is 0 Å². The third-order valence-corrected chi connectivity index (χ3v) is 7.07. The monoisotopic (exact) mass is 472 g/mol. The number of thiophene rings is 1. The van der Waals surface area contributed by atoms with Crippen LogP contribution in [0.3, 0.4) is 0 Å². The second-order valence-corrected chi connectivity index (χ2v) is 9.52. The number of nitrogens with zero attached hydrogens (tertiary/aromatic N) is 5.